The van der Waals surface area contributed by atoms with E-state index in [-0.39, 0.29) is 31.1 Å². The number of carbonyl (C=O) groups is 2. The van der Waals surface area contributed by atoms with Crippen molar-refractivity contribution >= 4 is 23.4 Å². The first-order valence-corrected chi connectivity index (χ1v) is 11.0. The lowest BCUT2D eigenvalue weighted by atomic mass is 10.1. The number of hydrogen-bond donors (Lipinski definition) is 1. The number of aryl methyl sites for hydroxylation is 1. The summed E-state index contributed by atoms with van der Waals surface area (Å²) >= 11 is 5.99. The molecule has 0 spiro atoms. The third-order valence-corrected chi connectivity index (χ3v) is 5.75. The lowest BCUT2D eigenvalue weighted by Gasteiger charge is -2.30. The summed E-state index contributed by atoms with van der Waals surface area (Å²) in [6.07, 6.45) is 1.66. The van der Waals surface area contributed by atoms with Gasteiger partial charge in [0.1, 0.15) is 6.04 Å². The number of rotatable bonds is 9. The van der Waals surface area contributed by atoms with Gasteiger partial charge in [-0.15, -0.1) is 0 Å². The van der Waals surface area contributed by atoms with Gasteiger partial charge in [-0.1, -0.05) is 36.7 Å². The third-order valence-electron chi connectivity index (χ3n) is 5.50. The van der Waals surface area contributed by atoms with Crippen molar-refractivity contribution in [1.29, 1.82) is 0 Å². The molecule has 0 radical (unpaired) electrons. The largest absolute Gasteiger partial charge is 0.454 e. The van der Waals surface area contributed by atoms with Gasteiger partial charge in [-0.2, -0.15) is 0 Å². The van der Waals surface area contributed by atoms with Crippen molar-refractivity contribution in [1.82, 2.24) is 10.2 Å². The molecule has 2 aromatic rings. The molecule has 0 saturated carbocycles. The van der Waals surface area contributed by atoms with Crippen LogP contribution in [0.2, 0.25) is 5.02 Å². The normalized spacial score (nSPS) is 14.1. The zero-order valence-corrected chi connectivity index (χ0v) is 18.9. The van der Waals surface area contributed by atoms with Crippen LogP contribution >= 0.6 is 11.6 Å². The SMILES string of the molecule is CC[C@H](C)NC(=O)[C@H](C)N(Cc1ccc(Cl)cc1)C(=O)CCc1ccc2c(c1)OCO2. The van der Waals surface area contributed by atoms with Crippen molar-refractivity contribution in [3.63, 3.8) is 0 Å². The minimum atomic E-state index is -0.589. The Balaban J connectivity index is 1.71. The van der Waals surface area contributed by atoms with Crippen LogP contribution in [-0.2, 0) is 22.6 Å². The fourth-order valence-electron chi connectivity index (χ4n) is 3.33. The van der Waals surface area contributed by atoms with Gasteiger partial charge in [-0.05, 0) is 62.1 Å². The van der Waals surface area contributed by atoms with E-state index in [4.69, 9.17) is 21.1 Å². The number of carbonyl (C=O) groups excluding carboxylic acids is 2. The molecule has 0 saturated heterocycles. The van der Waals surface area contributed by atoms with Crippen molar-refractivity contribution in [2.75, 3.05) is 6.79 Å². The summed E-state index contributed by atoms with van der Waals surface area (Å²) in [5.41, 5.74) is 1.91. The highest BCUT2D eigenvalue weighted by Crippen LogP contribution is 2.32. The van der Waals surface area contributed by atoms with Crippen LogP contribution in [0.15, 0.2) is 42.5 Å². The van der Waals surface area contributed by atoms with Crippen LogP contribution in [0.5, 0.6) is 11.5 Å². The van der Waals surface area contributed by atoms with E-state index in [1.165, 1.54) is 0 Å². The molecule has 2 atom stereocenters. The molecule has 1 heterocycles. The Morgan fingerprint density at radius 2 is 1.74 bits per heavy atom. The van der Waals surface area contributed by atoms with Gasteiger partial charge in [0.25, 0.3) is 0 Å². The van der Waals surface area contributed by atoms with Crippen molar-refractivity contribution in [2.45, 2.75) is 58.7 Å². The Bertz CT molecular complexity index is 916. The van der Waals surface area contributed by atoms with Crippen molar-refractivity contribution in [3.8, 4) is 11.5 Å². The maximum atomic E-state index is 13.2. The molecule has 0 fully saturated rings. The van der Waals surface area contributed by atoms with E-state index in [1.807, 2.05) is 44.2 Å². The van der Waals surface area contributed by atoms with E-state index in [9.17, 15) is 9.59 Å². The zero-order chi connectivity index (χ0) is 22.4. The number of amides is 2. The van der Waals surface area contributed by atoms with Crippen molar-refractivity contribution in [3.05, 3.63) is 58.6 Å². The van der Waals surface area contributed by atoms with Gasteiger partial charge in [-0.25, -0.2) is 0 Å². The van der Waals surface area contributed by atoms with Gasteiger partial charge >= 0.3 is 0 Å². The molecule has 0 bridgehead atoms. The first kappa shape index (κ1) is 22.9. The maximum Gasteiger partial charge on any atom is 0.242 e. The molecule has 2 amide bonds. The molecule has 2 aromatic carbocycles. The molecule has 1 aliphatic heterocycles. The fraction of sp³-hybridized carbons (Fsp3) is 0.417. The van der Waals surface area contributed by atoms with Gasteiger partial charge in [0.05, 0.1) is 0 Å². The van der Waals surface area contributed by atoms with Crippen molar-refractivity contribution < 1.29 is 19.1 Å². The molecule has 7 heteroatoms. The highest BCUT2D eigenvalue weighted by atomic mass is 35.5. The summed E-state index contributed by atoms with van der Waals surface area (Å²) in [4.78, 5) is 27.6. The minimum Gasteiger partial charge on any atom is -0.454 e. The summed E-state index contributed by atoms with van der Waals surface area (Å²) < 4.78 is 10.8. The van der Waals surface area contributed by atoms with Gasteiger partial charge in [0.2, 0.25) is 18.6 Å². The summed E-state index contributed by atoms with van der Waals surface area (Å²) in [7, 11) is 0. The van der Waals surface area contributed by atoms with Gasteiger partial charge in [0.15, 0.2) is 11.5 Å². The van der Waals surface area contributed by atoms with Crippen LogP contribution in [-0.4, -0.2) is 35.6 Å². The number of benzene rings is 2. The van der Waals surface area contributed by atoms with Crippen LogP contribution in [0.4, 0.5) is 0 Å². The lowest BCUT2D eigenvalue weighted by Crippen LogP contribution is -2.49. The molecule has 0 aliphatic carbocycles. The first-order valence-electron chi connectivity index (χ1n) is 10.6. The minimum absolute atomic E-state index is 0.0519. The smallest absolute Gasteiger partial charge is 0.242 e. The number of nitrogens with zero attached hydrogens (tertiary/aromatic N) is 1. The number of ether oxygens (including phenoxy) is 2. The molecular formula is C24H29ClN2O4. The predicted molar refractivity (Wildman–Crippen MR) is 120 cm³/mol. The van der Waals surface area contributed by atoms with E-state index in [1.54, 1.807) is 24.0 Å². The molecule has 166 valence electrons. The number of hydrogen-bond acceptors (Lipinski definition) is 4. The highest BCUT2D eigenvalue weighted by Gasteiger charge is 2.26. The Morgan fingerprint density at radius 1 is 1.06 bits per heavy atom. The molecule has 0 unspecified atom stereocenters. The average Bonchev–Trinajstić information content (AvgIpc) is 3.24. The molecular weight excluding hydrogens is 416 g/mol. The second-order valence-corrected chi connectivity index (χ2v) is 8.27. The number of nitrogens with one attached hydrogen (secondary N) is 1. The Kier molecular flexibility index (Phi) is 7.80. The maximum absolute atomic E-state index is 13.2. The van der Waals surface area contributed by atoms with E-state index in [0.29, 0.717) is 23.7 Å². The van der Waals surface area contributed by atoms with Crippen LogP contribution in [0.1, 0.15) is 44.7 Å². The summed E-state index contributed by atoms with van der Waals surface area (Å²) in [6.45, 7) is 6.29. The Morgan fingerprint density at radius 3 is 2.45 bits per heavy atom. The zero-order valence-electron chi connectivity index (χ0n) is 18.2. The van der Waals surface area contributed by atoms with Gasteiger partial charge in [0, 0.05) is 24.0 Å². The van der Waals surface area contributed by atoms with E-state index in [2.05, 4.69) is 5.32 Å². The van der Waals surface area contributed by atoms with E-state index < -0.39 is 6.04 Å². The Hall–Kier alpha value is -2.73. The van der Waals surface area contributed by atoms with Crippen molar-refractivity contribution in [2.24, 2.45) is 0 Å². The van der Waals surface area contributed by atoms with Crippen LogP contribution in [0.3, 0.4) is 0 Å². The molecule has 1 aliphatic rings. The standard InChI is InChI=1S/C24H29ClN2O4/c1-4-16(2)26-24(29)17(3)27(14-19-5-9-20(25)10-6-19)23(28)12-8-18-7-11-21-22(13-18)31-15-30-21/h5-7,9-11,13,16-17H,4,8,12,14-15H2,1-3H3,(H,26,29)/t16-,17-/m0/s1. The van der Waals surface area contributed by atoms with E-state index >= 15 is 0 Å². The second kappa shape index (κ2) is 10.5. The molecule has 0 aromatic heterocycles. The van der Waals surface area contributed by atoms with Crippen LogP contribution < -0.4 is 14.8 Å². The number of fused-ring (bicyclic) bond motifs is 1. The molecule has 1 N–H and O–H groups in total. The Labute approximate surface area is 188 Å². The topological polar surface area (TPSA) is 67.9 Å². The molecule has 3 rings (SSSR count). The van der Waals surface area contributed by atoms with E-state index in [0.717, 1.165) is 23.3 Å². The second-order valence-electron chi connectivity index (χ2n) is 7.83. The van der Waals surface area contributed by atoms with Crippen LogP contribution in [0.25, 0.3) is 0 Å². The third kappa shape index (κ3) is 6.14. The summed E-state index contributed by atoms with van der Waals surface area (Å²) in [6, 6.07) is 12.5. The highest BCUT2D eigenvalue weighted by molar-refractivity contribution is 6.30. The average molecular weight is 445 g/mol. The fourth-order valence-corrected chi connectivity index (χ4v) is 3.45. The molecule has 31 heavy (non-hydrogen) atoms. The monoisotopic (exact) mass is 444 g/mol. The van der Waals surface area contributed by atoms with Gasteiger partial charge < -0.3 is 19.7 Å². The lowest BCUT2D eigenvalue weighted by molar-refractivity contribution is -0.140. The summed E-state index contributed by atoms with van der Waals surface area (Å²) in [5, 5.41) is 3.61. The molecule has 6 nitrogen and oxygen atoms in total. The first-order chi connectivity index (χ1) is 14.9. The predicted octanol–water partition coefficient (Wildman–Crippen LogP) is 4.33. The van der Waals surface area contributed by atoms with Crippen LogP contribution in [0, 0.1) is 0 Å². The number of halogens is 1. The van der Waals surface area contributed by atoms with Gasteiger partial charge in [-0.3, -0.25) is 9.59 Å². The summed E-state index contributed by atoms with van der Waals surface area (Å²) in [5.74, 6) is 1.18. The quantitative estimate of drug-likeness (QED) is 0.625.